The first kappa shape index (κ1) is 23.5. The average molecular weight is 438 g/mol. The van der Waals surface area contributed by atoms with Crippen molar-refractivity contribution in [3.05, 3.63) is 23.8 Å². The van der Waals surface area contributed by atoms with Gasteiger partial charge in [-0.1, -0.05) is 19.1 Å². The Morgan fingerprint density at radius 2 is 1.93 bits per heavy atom. The van der Waals surface area contributed by atoms with Gasteiger partial charge >= 0.3 is 0 Å². The number of hydrogen-bond acceptors (Lipinski definition) is 5. The Kier molecular flexibility index (Phi) is 7.82. The van der Waals surface area contributed by atoms with Gasteiger partial charge in [-0.2, -0.15) is 0 Å². The van der Waals surface area contributed by atoms with Crippen molar-refractivity contribution in [2.45, 2.75) is 76.9 Å². The van der Waals surface area contributed by atoms with Crippen molar-refractivity contribution in [3.63, 3.8) is 0 Å². The maximum atomic E-state index is 13.5. The minimum atomic E-state index is -1.26. The van der Waals surface area contributed by atoms with Crippen molar-refractivity contribution >= 4 is 22.6 Å². The van der Waals surface area contributed by atoms with Crippen LogP contribution in [0.15, 0.2) is 23.8 Å². The van der Waals surface area contributed by atoms with E-state index in [0.29, 0.717) is 44.6 Å². The van der Waals surface area contributed by atoms with Gasteiger partial charge in [-0.15, -0.1) is 0 Å². The lowest BCUT2D eigenvalue weighted by Crippen LogP contribution is -2.49. The fourth-order valence-electron chi connectivity index (χ4n) is 4.39. The molecule has 0 N–H and O–H groups in total. The fraction of sp³-hybridized carbons (Fsp3) is 0.739. The van der Waals surface area contributed by atoms with E-state index >= 15 is 0 Å². The minimum absolute atomic E-state index is 0.0231. The van der Waals surface area contributed by atoms with E-state index in [-0.39, 0.29) is 29.8 Å². The van der Waals surface area contributed by atoms with Gasteiger partial charge in [0.25, 0.3) is 0 Å². The fourth-order valence-corrected chi connectivity index (χ4v) is 5.82. The van der Waals surface area contributed by atoms with E-state index in [1.165, 1.54) is 6.08 Å². The number of allylic oxidation sites excluding steroid dienone is 2. The number of ether oxygens (including phenoxy) is 2. The number of rotatable bonds is 6. The number of nitrogens with zero attached hydrogens (tertiary/aromatic N) is 1. The van der Waals surface area contributed by atoms with Crippen molar-refractivity contribution in [2.75, 3.05) is 19.8 Å². The summed E-state index contributed by atoms with van der Waals surface area (Å²) in [7, 11) is -1.26. The third-order valence-electron chi connectivity index (χ3n) is 5.96. The standard InChI is InChI=1S/C23H35NO5S/c1-16-8-5-10-19(25)21(16)22(26)17-9-6-13-24(30(27)23(2,3)4)18(17)11-12-20-28-14-7-15-29-20/h5,9-10,16,18,20-21H,6-8,11-15H2,1-4H3/t16-,18-,21+,30-/m0/s1. The van der Waals surface area contributed by atoms with Gasteiger partial charge in [0, 0.05) is 18.5 Å². The first-order valence-electron chi connectivity index (χ1n) is 11.1. The molecule has 30 heavy (non-hydrogen) atoms. The second kappa shape index (κ2) is 9.98. The molecule has 0 saturated carbocycles. The van der Waals surface area contributed by atoms with Crippen molar-refractivity contribution in [2.24, 2.45) is 11.8 Å². The number of hydrogen-bond donors (Lipinski definition) is 0. The zero-order chi connectivity index (χ0) is 21.9. The van der Waals surface area contributed by atoms with Crippen LogP contribution in [0.2, 0.25) is 0 Å². The van der Waals surface area contributed by atoms with Crippen LogP contribution in [0.5, 0.6) is 0 Å². The zero-order valence-electron chi connectivity index (χ0n) is 18.6. The van der Waals surface area contributed by atoms with Crippen molar-refractivity contribution in [1.29, 1.82) is 0 Å². The summed E-state index contributed by atoms with van der Waals surface area (Å²) in [5, 5.41) is 0. The zero-order valence-corrected chi connectivity index (χ0v) is 19.4. The molecule has 2 heterocycles. The highest BCUT2D eigenvalue weighted by atomic mass is 32.2. The third-order valence-corrected chi connectivity index (χ3v) is 7.87. The highest BCUT2D eigenvalue weighted by Crippen LogP contribution is 2.34. The Morgan fingerprint density at radius 1 is 1.23 bits per heavy atom. The molecule has 1 aliphatic carbocycles. The topological polar surface area (TPSA) is 72.9 Å². The molecule has 2 aliphatic heterocycles. The van der Waals surface area contributed by atoms with E-state index in [1.54, 1.807) is 0 Å². The van der Waals surface area contributed by atoms with Crippen LogP contribution >= 0.6 is 0 Å². The Balaban J connectivity index is 1.85. The van der Waals surface area contributed by atoms with E-state index in [0.717, 1.165) is 12.8 Å². The molecule has 0 unspecified atom stereocenters. The molecule has 0 amide bonds. The molecule has 3 rings (SSSR count). The van der Waals surface area contributed by atoms with Crippen LogP contribution in [0, 0.1) is 11.8 Å². The SMILES string of the molecule is C[C@H]1CC=CC(=O)[C@@H]1C(=O)C1=CCCN([S@@](=O)C(C)(C)C)[C@H]1CCC1OCCCO1. The van der Waals surface area contributed by atoms with Gasteiger partial charge in [0.15, 0.2) is 17.9 Å². The van der Waals surface area contributed by atoms with E-state index in [1.807, 2.05) is 44.2 Å². The lowest BCUT2D eigenvalue weighted by molar-refractivity contribution is -0.182. The van der Waals surface area contributed by atoms with E-state index in [9.17, 15) is 13.8 Å². The first-order valence-corrected chi connectivity index (χ1v) is 12.2. The van der Waals surface area contributed by atoms with Crippen molar-refractivity contribution in [3.8, 4) is 0 Å². The summed E-state index contributed by atoms with van der Waals surface area (Å²) in [5.41, 5.74) is 0.634. The summed E-state index contributed by atoms with van der Waals surface area (Å²) >= 11 is 0. The molecule has 1 saturated heterocycles. The van der Waals surface area contributed by atoms with Gasteiger partial charge in [0.2, 0.25) is 0 Å². The van der Waals surface area contributed by atoms with Gasteiger partial charge in [-0.3, -0.25) is 9.59 Å². The maximum absolute atomic E-state index is 13.5. The molecule has 0 aromatic carbocycles. The minimum Gasteiger partial charge on any atom is -0.353 e. The molecule has 7 heteroatoms. The van der Waals surface area contributed by atoms with E-state index in [2.05, 4.69) is 0 Å². The average Bonchev–Trinajstić information content (AvgIpc) is 2.71. The Hall–Kier alpha value is -1.15. The number of carbonyl (C=O) groups excluding carboxylic acids is 2. The molecule has 3 aliphatic rings. The van der Waals surface area contributed by atoms with Crippen LogP contribution in [0.4, 0.5) is 0 Å². The number of ketones is 2. The highest BCUT2D eigenvalue weighted by molar-refractivity contribution is 7.84. The molecule has 0 aromatic heterocycles. The largest absolute Gasteiger partial charge is 0.353 e. The molecular weight excluding hydrogens is 402 g/mol. The molecule has 168 valence electrons. The summed E-state index contributed by atoms with van der Waals surface area (Å²) in [6, 6.07) is -0.300. The van der Waals surface area contributed by atoms with Gasteiger partial charge in [-0.05, 0) is 58.4 Å². The van der Waals surface area contributed by atoms with Crippen molar-refractivity contribution < 1.29 is 23.3 Å². The summed E-state index contributed by atoms with van der Waals surface area (Å²) in [4.78, 5) is 26.1. The summed E-state index contributed by atoms with van der Waals surface area (Å²) in [6.45, 7) is 9.79. The first-order chi connectivity index (χ1) is 14.2. The predicted molar refractivity (Wildman–Crippen MR) is 117 cm³/mol. The summed E-state index contributed by atoms with van der Waals surface area (Å²) < 4.78 is 26.2. The smallest absolute Gasteiger partial charge is 0.171 e. The Morgan fingerprint density at radius 3 is 2.57 bits per heavy atom. The summed E-state index contributed by atoms with van der Waals surface area (Å²) in [5.74, 6) is -0.895. The molecule has 1 fully saturated rings. The van der Waals surface area contributed by atoms with Crippen LogP contribution < -0.4 is 0 Å². The van der Waals surface area contributed by atoms with Crippen LogP contribution in [0.25, 0.3) is 0 Å². The van der Waals surface area contributed by atoms with Crippen molar-refractivity contribution in [1.82, 2.24) is 4.31 Å². The lowest BCUT2D eigenvalue weighted by Gasteiger charge is -2.40. The highest BCUT2D eigenvalue weighted by Gasteiger charge is 2.41. The molecule has 0 aromatic rings. The molecular formula is C23H35NO5S. The second-order valence-corrected chi connectivity index (χ2v) is 11.6. The third kappa shape index (κ3) is 5.36. The van der Waals surface area contributed by atoms with Crippen LogP contribution in [0.3, 0.4) is 0 Å². The second-order valence-electron chi connectivity index (χ2n) is 9.43. The predicted octanol–water partition coefficient (Wildman–Crippen LogP) is 3.34. The van der Waals surface area contributed by atoms with E-state index in [4.69, 9.17) is 9.47 Å². The lowest BCUT2D eigenvalue weighted by atomic mass is 9.76. The van der Waals surface area contributed by atoms with Gasteiger partial charge in [-0.25, -0.2) is 8.51 Å². The Bertz CT molecular complexity index is 732. The molecule has 6 nitrogen and oxygen atoms in total. The maximum Gasteiger partial charge on any atom is 0.171 e. The van der Waals surface area contributed by atoms with Gasteiger partial charge in [0.05, 0.1) is 29.9 Å². The van der Waals surface area contributed by atoms with E-state index < -0.39 is 21.7 Å². The Labute approximate surface area is 182 Å². The number of Topliss-reactive ketones (excluding diaryl/α,β-unsaturated/α-hetero) is 1. The van der Waals surface area contributed by atoms with Gasteiger partial charge < -0.3 is 9.47 Å². The quantitative estimate of drug-likeness (QED) is 0.596. The summed E-state index contributed by atoms with van der Waals surface area (Å²) in [6.07, 6.45) is 8.56. The van der Waals surface area contributed by atoms with Crippen LogP contribution in [0.1, 0.15) is 59.8 Å². The van der Waals surface area contributed by atoms with Gasteiger partial charge in [0.1, 0.15) is 11.0 Å². The monoisotopic (exact) mass is 437 g/mol. The molecule has 4 atom stereocenters. The van der Waals surface area contributed by atoms with Crippen LogP contribution in [-0.4, -0.2) is 56.9 Å². The normalized spacial score (nSPS) is 30.2. The van der Waals surface area contributed by atoms with Crippen LogP contribution in [-0.2, 0) is 30.0 Å². The molecule has 0 spiro atoms. The molecule has 0 radical (unpaired) electrons. The molecule has 0 bridgehead atoms. The number of carbonyl (C=O) groups is 2.